The Hall–Kier alpha value is -1.03. The first-order chi connectivity index (χ1) is 8.22. The summed E-state index contributed by atoms with van der Waals surface area (Å²) in [7, 11) is 0. The lowest BCUT2D eigenvalue weighted by Crippen LogP contribution is -2.32. The molecular formula is C13H22N2O2. The van der Waals surface area contributed by atoms with Crippen molar-refractivity contribution in [2.75, 3.05) is 0 Å². The Kier molecular flexibility index (Phi) is 4.05. The van der Waals surface area contributed by atoms with E-state index in [4.69, 9.17) is 0 Å². The summed E-state index contributed by atoms with van der Waals surface area (Å²) in [5.41, 5.74) is -0.0117. The Labute approximate surface area is 102 Å². The zero-order chi connectivity index (χ0) is 12.3. The van der Waals surface area contributed by atoms with Gasteiger partial charge in [0, 0.05) is 18.9 Å². The fourth-order valence-corrected chi connectivity index (χ4v) is 2.70. The van der Waals surface area contributed by atoms with Crippen LogP contribution in [-0.4, -0.2) is 20.3 Å². The van der Waals surface area contributed by atoms with E-state index in [9.17, 15) is 9.90 Å². The van der Waals surface area contributed by atoms with Gasteiger partial charge in [0.25, 0.3) is 0 Å². The Morgan fingerprint density at radius 2 is 1.94 bits per heavy atom. The molecule has 1 fully saturated rings. The summed E-state index contributed by atoms with van der Waals surface area (Å²) in [6, 6.07) is 0. The van der Waals surface area contributed by atoms with Crippen molar-refractivity contribution >= 4 is 0 Å². The van der Waals surface area contributed by atoms with Crippen molar-refractivity contribution in [3.8, 4) is 0 Å². The molecule has 1 aromatic rings. The summed E-state index contributed by atoms with van der Waals surface area (Å²) in [5, 5.41) is 10.2. The molecule has 0 bridgehead atoms. The molecule has 96 valence electrons. The molecule has 1 unspecified atom stereocenters. The van der Waals surface area contributed by atoms with Gasteiger partial charge in [0.2, 0.25) is 0 Å². The predicted molar refractivity (Wildman–Crippen MR) is 66.9 cm³/mol. The lowest BCUT2D eigenvalue weighted by Gasteiger charge is -2.26. The first-order valence-corrected chi connectivity index (χ1v) is 6.66. The summed E-state index contributed by atoms with van der Waals surface area (Å²) in [4.78, 5) is 11.8. The molecule has 17 heavy (non-hydrogen) atoms. The minimum Gasteiger partial charge on any atom is -0.391 e. The Morgan fingerprint density at radius 1 is 1.29 bits per heavy atom. The van der Waals surface area contributed by atoms with Gasteiger partial charge in [-0.1, -0.05) is 19.3 Å². The van der Waals surface area contributed by atoms with E-state index in [-0.39, 0.29) is 11.8 Å². The van der Waals surface area contributed by atoms with Gasteiger partial charge in [-0.3, -0.25) is 9.13 Å². The van der Waals surface area contributed by atoms with Gasteiger partial charge in [-0.05, 0) is 25.7 Å². The van der Waals surface area contributed by atoms with E-state index in [1.807, 2.05) is 6.92 Å². The average molecular weight is 238 g/mol. The molecule has 1 heterocycles. The van der Waals surface area contributed by atoms with Gasteiger partial charge in [0.15, 0.2) is 0 Å². The summed E-state index contributed by atoms with van der Waals surface area (Å²) in [6.45, 7) is 3.07. The molecule has 0 aliphatic heterocycles. The van der Waals surface area contributed by atoms with Gasteiger partial charge in [-0.15, -0.1) is 0 Å². The quantitative estimate of drug-likeness (QED) is 0.866. The van der Waals surface area contributed by atoms with E-state index in [0.717, 1.165) is 12.8 Å². The normalized spacial score (nSPS) is 19.4. The summed E-state index contributed by atoms with van der Waals surface area (Å²) >= 11 is 0. The number of aliphatic hydroxyl groups excluding tert-OH is 1. The van der Waals surface area contributed by atoms with Crippen LogP contribution in [0.3, 0.4) is 0 Å². The zero-order valence-electron chi connectivity index (χ0n) is 10.5. The molecule has 2 rings (SSSR count). The number of aromatic nitrogens is 2. The van der Waals surface area contributed by atoms with E-state index < -0.39 is 0 Å². The monoisotopic (exact) mass is 238 g/mol. The van der Waals surface area contributed by atoms with Crippen LogP contribution in [-0.2, 0) is 13.1 Å². The maximum Gasteiger partial charge on any atom is 0.328 e. The van der Waals surface area contributed by atoms with Gasteiger partial charge in [0.05, 0.1) is 12.6 Å². The van der Waals surface area contributed by atoms with E-state index in [2.05, 4.69) is 0 Å². The number of hydrogen-bond acceptors (Lipinski definition) is 2. The number of imidazole rings is 1. The molecule has 1 atom stereocenters. The van der Waals surface area contributed by atoms with Crippen LogP contribution in [0.4, 0.5) is 0 Å². The molecule has 1 aliphatic rings. The third kappa shape index (κ3) is 2.80. The summed E-state index contributed by atoms with van der Waals surface area (Å²) < 4.78 is 3.29. The molecule has 4 nitrogen and oxygen atoms in total. The maximum atomic E-state index is 11.8. The van der Waals surface area contributed by atoms with E-state index in [0.29, 0.717) is 19.0 Å². The van der Waals surface area contributed by atoms with Crippen LogP contribution in [0.15, 0.2) is 17.2 Å². The van der Waals surface area contributed by atoms with Gasteiger partial charge < -0.3 is 5.11 Å². The van der Waals surface area contributed by atoms with Crippen molar-refractivity contribution in [3.63, 3.8) is 0 Å². The van der Waals surface area contributed by atoms with Crippen LogP contribution >= 0.6 is 0 Å². The van der Waals surface area contributed by atoms with Crippen LogP contribution in [0.25, 0.3) is 0 Å². The largest absolute Gasteiger partial charge is 0.391 e. The maximum absolute atomic E-state index is 11.8. The van der Waals surface area contributed by atoms with Crippen molar-refractivity contribution in [1.29, 1.82) is 0 Å². The van der Waals surface area contributed by atoms with Crippen LogP contribution in [0.2, 0.25) is 0 Å². The lowest BCUT2D eigenvalue weighted by atomic mass is 9.85. The van der Waals surface area contributed by atoms with Crippen molar-refractivity contribution in [2.24, 2.45) is 5.92 Å². The van der Waals surface area contributed by atoms with E-state index in [1.54, 1.807) is 21.5 Å². The Balaban J connectivity index is 1.99. The van der Waals surface area contributed by atoms with Crippen molar-refractivity contribution < 1.29 is 5.11 Å². The molecule has 1 aliphatic carbocycles. The molecule has 0 radical (unpaired) electrons. The number of aliphatic hydroxyl groups is 1. The average Bonchev–Trinajstić information content (AvgIpc) is 2.71. The number of rotatable bonds is 4. The number of hydrogen-bond donors (Lipinski definition) is 1. The fourth-order valence-electron chi connectivity index (χ4n) is 2.70. The summed E-state index contributed by atoms with van der Waals surface area (Å²) in [5.74, 6) is 0.376. The van der Waals surface area contributed by atoms with Gasteiger partial charge in [0.1, 0.15) is 0 Å². The topological polar surface area (TPSA) is 47.2 Å². The van der Waals surface area contributed by atoms with Gasteiger partial charge in [-0.25, -0.2) is 4.79 Å². The van der Waals surface area contributed by atoms with Crippen LogP contribution < -0.4 is 5.69 Å². The molecule has 0 saturated heterocycles. The first-order valence-electron chi connectivity index (χ1n) is 6.66. The highest BCUT2D eigenvalue weighted by atomic mass is 16.3. The van der Waals surface area contributed by atoms with Crippen molar-refractivity contribution in [2.45, 2.75) is 58.2 Å². The Morgan fingerprint density at radius 3 is 2.53 bits per heavy atom. The molecular weight excluding hydrogens is 216 g/mol. The smallest absolute Gasteiger partial charge is 0.328 e. The minimum atomic E-state index is -0.374. The van der Waals surface area contributed by atoms with Crippen LogP contribution in [0.5, 0.6) is 0 Å². The van der Waals surface area contributed by atoms with Crippen LogP contribution in [0, 0.1) is 5.92 Å². The molecule has 1 N–H and O–H groups in total. The van der Waals surface area contributed by atoms with E-state index >= 15 is 0 Å². The van der Waals surface area contributed by atoms with Crippen LogP contribution in [0.1, 0.15) is 39.0 Å². The molecule has 1 saturated carbocycles. The fraction of sp³-hybridized carbons (Fsp3) is 0.769. The first kappa shape index (κ1) is 12.4. The number of aryl methyl sites for hydroxylation is 1. The Bertz CT molecular complexity index is 402. The lowest BCUT2D eigenvalue weighted by molar-refractivity contribution is 0.0686. The third-order valence-corrected chi connectivity index (χ3v) is 3.84. The second-order valence-corrected chi connectivity index (χ2v) is 4.98. The minimum absolute atomic E-state index is 0.0117. The third-order valence-electron chi connectivity index (χ3n) is 3.84. The molecule has 0 spiro atoms. The summed E-state index contributed by atoms with van der Waals surface area (Å²) in [6.07, 6.45) is 9.11. The predicted octanol–water partition coefficient (Wildman–Crippen LogP) is 1.61. The number of nitrogens with zero attached hydrogens (tertiary/aromatic N) is 2. The molecule has 1 aromatic heterocycles. The second kappa shape index (κ2) is 5.54. The molecule has 0 amide bonds. The van der Waals surface area contributed by atoms with Crippen molar-refractivity contribution in [3.05, 3.63) is 22.9 Å². The SMILES string of the molecule is CCn1ccn(CC(O)C2CCCCC2)c1=O. The molecule has 0 aromatic carbocycles. The van der Waals surface area contributed by atoms with Gasteiger partial charge in [-0.2, -0.15) is 0 Å². The van der Waals surface area contributed by atoms with Crippen molar-refractivity contribution in [1.82, 2.24) is 9.13 Å². The highest BCUT2D eigenvalue weighted by Gasteiger charge is 2.22. The molecule has 4 heteroatoms. The zero-order valence-corrected chi connectivity index (χ0v) is 10.5. The van der Waals surface area contributed by atoms with Gasteiger partial charge >= 0.3 is 5.69 Å². The second-order valence-electron chi connectivity index (χ2n) is 4.98. The standard InChI is InChI=1S/C13H22N2O2/c1-2-14-8-9-15(13(14)17)10-12(16)11-6-4-3-5-7-11/h8-9,11-12,16H,2-7,10H2,1H3. The highest BCUT2D eigenvalue weighted by molar-refractivity contribution is 4.83. The highest BCUT2D eigenvalue weighted by Crippen LogP contribution is 2.26. The van der Waals surface area contributed by atoms with E-state index in [1.165, 1.54) is 19.3 Å².